The molecule has 0 N–H and O–H groups in total. The van der Waals surface area contributed by atoms with Crippen molar-refractivity contribution >= 4 is 17.5 Å². The van der Waals surface area contributed by atoms with Gasteiger partial charge in [0, 0.05) is 64.0 Å². The Labute approximate surface area is 187 Å². The number of hydrogen-bond donors (Lipinski definition) is 0. The van der Waals surface area contributed by atoms with Crippen molar-refractivity contribution in [2.75, 3.05) is 63.8 Å². The summed E-state index contributed by atoms with van der Waals surface area (Å²) in [5.74, 6) is 1.27. The number of carbonyl (C=O) groups is 2. The smallest absolute Gasteiger partial charge is 0.236 e. The number of amides is 2. The zero-order valence-corrected chi connectivity index (χ0v) is 19.3. The highest BCUT2D eigenvalue weighted by Gasteiger charge is 2.32. The standard InChI is InChI=1S/C25H38N4O2/c1-20-6-5-11-29(18-20)25(31)22-9-12-28(13-10-22)24(30)19-26-14-16-27(17-15-26)23-8-4-3-7-21(23)2/h3-4,7-8,20,22H,5-6,9-19H2,1-2H3. The molecule has 31 heavy (non-hydrogen) atoms. The third-order valence-corrected chi connectivity index (χ3v) is 7.35. The van der Waals surface area contributed by atoms with Crippen molar-refractivity contribution in [2.24, 2.45) is 11.8 Å². The molecule has 3 heterocycles. The van der Waals surface area contributed by atoms with Gasteiger partial charge in [-0.3, -0.25) is 14.5 Å². The Hall–Kier alpha value is -2.08. The van der Waals surface area contributed by atoms with E-state index < -0.39 is 0 Å². The maximum absolute atomic E-state index is 12.9. The van der Waals surface area contributed by atoms with Crippen LogP contribution in [-0.2, 0) is 9.59 Å². The molecule has 6 nitrogen and oxygen atoms in total. The summed E-state index contributed by atoms with van der Waals surface area (Å²) in [4.78, 5) is 34.5. The average Bonchev–Trinajstić information content (AvgIpc) is 2.80. The van der Waals surface area contributed by atoms with Crippen LogP contribution in [0.1, 0.15) is 38.2 Å². The monoisotopic (exact) mass is 426 g/mol. The molecule has 6 heteroatoms. The van der Waals surface area contributed by atoms with E-state index in [2.05, 4.69) is 52.8 Å². The third kappa shape index (κ3) is 5.40. The fourth-order valence-electron chi connectivity index (χ4n) is 5.38. The number of para-hydroxylation sites is 1. The van der Waals surface area contributed by atoms with Crippen molar-refractivity contribution in [3.05, 3.63) is 29.8 Å². The Kier molecular flexibility index (Phi) is 7.16. The molecule has 170 valence electrons. The van der Waals surface area contributed by atoms with Gasteiger partial charge in [-0.05, 0) is 50.2 Å². The Morgan fingerprint density at radius 2 is 1.61 bits per heavy atom. The second kappa shape index (κ2) is 10.0. The summed E-state index contributed by atoms with van der Waals surface area (Å²) < 4.78 is 0. The number of piperazine rings is 1. The predicted octanol–water partition coefficient (Wildman–Crippen LogP) is 2.61. The van der Waals surface area contributed by atoms with E-state index in [1.54, 1.807) is 0 Å². The topological polar surface area (TPSA) is 47.1 Å². The van der Waals surface area contributed by atoms with Crippen LogP contribution in [-0.4, -0.2) is 85.4 Å². The molecule has 3 aliphatic heterocycles. The molecule has 0 saturated carbocycles. The summed E-state index contributed by atoms with van der Waals surface area (Å²) >= 11 is 0. The minimum Gasteiger partial charge on any atom is -0.369 e. The van der Waals surface area contributed by atoms with E-state index >= 15 is 0 Å². The van der Waals surface area contributed by atoms with Crippen LogP contribution in [0.2, 0.25) is 0 Å². The lowest BCUT2D eigenvalue weighted by atomic mass is 9.92. The van der Waals surface area contributed by atoms with Gasteiger partial charge < -0.3 is 14.7 Å². The minimum absolute atomic E-state index is 0.104. The first kappa shape index (κ1) is 22.1. The number of rotatable bonds is 4. The fourth-order valence-corrected chi connectivity index (χ4v) is 5.38. The van der Waals surface area contributed by atoms with Gasteiger partial charge in [0.05, 0.1) is 6.54 Å². The number of carbonyl (C=O) groups excluding carboxylic acids is 2. The Balaban J connectivity index is 1.20. The second-order valence-corrected chi connectivity index (χ2v) is 9.74. The quantitative estimate of drug-likeness (QED) is 0.743. The lowest BCUT2D eigenvalue weighted by Crippen LogP contribution is -2.52. The van der Waals surface area contributed by atoms with Crippen LogP contribution in [0, 0.1) is 18.8 Å². The fraction of sp³-hybridized carbons (Fsp3) is 0.680. The highest BCUT2D eigenvalue weighted by Crippen LogP contribution is 2.24. The van der Waals surface area contributed by atoms with E-state index in [1.807, 2.05) is 4.90 Å². The van der Waals surface area contributed by atoms with E-state index in [1.165, 1.54) is 17.7 Å². The molecule has 0 bridgehead atoms. The largest absolute Gasteiger partial charge is 0.369 e. The Morgan fingerprint density at radius 3 is 2.29 bits per heavy atom. The first-order valence-electron chi connectivity index (χ1n) is 12.1. The second-order valence-electron chi connectivity index (χ2n) is 9.74. The first-order chi connectivity index (χ1) is 15.0. The predicted molar refractivity (Wildman–Crippen MR) is 124 cm³/mol. The van der Waals surface area contributed by atoms with Crippen molar-refractivity contribution in [2.45, 2.75) is 39.5 Å². The Bertz CT molecular complexity index is 767. The van der Waals surface area contributed by atoms with Crippen LogP contribution in [0.4, 0.5) is 5.69 Å². The number of benzene rings is 1. The van der Waals surface area contributed by atoms with Crippen molar-refractivity contribution in [3.8, 4) is 0 Å². The van der Waals surface area contributed by atoms with Gasteiger partial charge in [0.2, 0.25) is 11.8 Å². The number of anilines is 1. The summed E-state index contributed by atoms with van der Waals surface area (Å²) in [7, 11) is 0. The zero-order valence-electron chi connectivity index (χ0n) is 19.3. The van der Waals surface area contributed by atoms with Crippen LogP contribution in [0.25, 0.3) is 0 Å². The molecular formula is C25H38N4O2. The molecular weight excluding hydrogens is 388 g/mol. The van der Waals surface area contributed by atoms with Crippen molar-refractivity contribution in [3.63, 3.8) is 0 Å². The van der Waals surface area contributed by atoms with E-state index in [-0.39, 0.29) is 11.8 Å². The van der Waals surface area contributed by atoms with Crippen LogP contribution in [0.5, 0.6) is 0 Å². The number of likely N-dealkylation sites (tertiary alicyclic amines) is 2. The van der Waals surface area contributed by atoms with E-state index in [9.17, 15) is 9.59 Å². The van der Waals surface area contributed by atoms with Gasteiger partial charge in [-0.25, -0.2) is 0 Å². The summed E-state index contributed by atoms with van der Waals surface area (Å²) in [5.41, 5.74) is 2.62. The lowest BCUT2D eigenvalue weighted by molar-refractivity contribution is -0.142. The van der Waals surface area contributed by atoms with E-state index in [4.69, 9.17) is 0 Å². The van der Waals surface area contributed by atoms with Crippen LogP contribution in [0.3, 0.4) is 0 Å². The minimum atomic E-state index is 0.104. The Morgan fingerprint density at radius 1 is 0.903 bits per heavy atom. The lowest BCUT2D eigenvalue weighted by Gasteiger charge is -2.39. The van der Waals surface area contributed by atoms with Crippen molar-refractivity contribution < 1.29 is 9.59 Å². The summed E-state index contributed by atoms with van der Waals surface area (Å²) in [6.45, 7) is 11.9. The van der Waals surface area contributed by atoms with Crippen LogP contribution >= 0.6 is 0 Å². The molecule has 1 aromatic carbocycles. The first-order valence-corrected chi connectivity index (χ1v) is 12.1. The molecule has 3 saturated heterocycles. The van der Waals surface area contributed by atoms with Gasteiger partial charge in [0.1, 0.15) is 0 Å². The molecule has 1 aromatic rings. The highest BCUT2D eigenvalue weighted by atomic mass is 16.2. The molecule has 4 rings (SSSR count). The molecule has 0 aliphatic carbocycles. The molecule has 0 aromatic heterocycles. The van der Waals surface area contributed by atoms with Crippen LogP contribution in [0.15, 0.2) is 24.3 Å². The summed E-state index contributed by atoms with van der Waals surface area (Å²) in [6, 6.07) is 8.52. The molecule has 0 spiro atoms. The SMILES string of the molecule is Cc1ccccc1N1CCN(CC(=O)N2CCC(C(=O)N3CCCC(C)C3)CC2)CC1. The van der Waals surface area contributed by atoms with Gasteiger partial charge in [-0.2, -0.15) is 0 Å². The normalized spacial score (nSPS) is 23.8. The van der Waals surface area contributed by atoms with Gasteiger partial charge in [0.15, 0.2) is 0 Å². The molecule has 3 fully saturated rings. The highest BCUT2D eigenvalue weighted by molar-refractivity contribution is 5.81. The number of nitrogens with zero attached hydrogens (tertiary/aromatic N) is 4. The number of hydrogen-bond acceptors (Lipinski definition) is 4. The van der Waals surface area contributed by atoms with Gasteiger partial charge >= 0.3 is 0 Å². The third-order valence-electron chi connectivity index (χ3n) is 7.35. The van der Waals surface area contributed by atoms with E-state index in [0.29, 0.717) is 18.4 Å². The van der Waals surface area contributed by atoms with Gasteiger partial charge in [-0.15, -0.1) is 0 Å². The molecule has 1 unspecified atom stereocenters. The van der Waals surface area contributed by atoms with Gasteiger partial charge in [-0.1, -0.05) is 25.1 Å². The number of piperidine rings is 2. The maximum Gasteiger partial charge on any atom is 0.236 e. The summed E-state index contributed by atoms with van der Waals surface area (Å²) in [5, 5.41) is 0. The average molecular weight is 427 g/mol. The van der Waals surface area contributed by atoms with Gasteiger partial charge in [0.25, 0.3) is 0 Å². The summed E-state index contributed by atoms with van der Waals surface area (Å²) in [6.07, 6.45) is 3.99. The molecule has 1 atom stereocenters. The molecule has 3 aliphatic rings. The van der Waals surface area contributed by atoms with Crippen LogP contribution < -0.4 is 4.90 Å². The number of aryl methyl sites for hydroxylation is 1. The van der Waals surface area contributed by atoms with Crippen molar-refractivity contribution in [1.29, 1.82) is 0 Å². The van der Waals surface area contributed by atoms with Crippen molar-refractivity contribution in [1.82, 2.24) is 14.7 Å². The maximum atomic E-state index is 12.9. The molecule has 2 amide bonds. The molecule has 0 radical (unpaired) electrons. The zero-order chi connectivity index (χ0) is 21.8. The van der Waals surface area contributed by atoms with E-state index in [0.717, 1.165) is 71.6 Å².